The Labute approximate surface area is 215 Å². The van der Waals surface area contributed by atoms with E-state index in [1.807, 2.05) is 44.3 Å². The van der Waals surface area contributed by atoms with Gasteiger partial charge >= 0.3 is 0 Å². The third kappa shape index (κ3) is 3.78. The van der Waals surface area contributed by atoms with Crippen LogP contribution in [0.25, 0.3) is 22.2 Å². The van der Waals surface area contributed by atoms with Crippen LogP contribution in [-0.4, -0.2) is 31.1 Å². The van der Waals surface area contributed by atoms with E-state index in [0.29, 0.717) is 5.88 Å². The highest BCUT2D eigenvalue weighted by Crippen LogP contribution is 2.45. The highest BCUT2D eigenvalue weighted by molar-refractivity contribution is 5.97. The Morgan fingerprint density at radius 1 is 0.784 bits per heavy atom. The maximum absolute atomic E-state index is 6.21. The van der Waals surface area contributed by atoms with Crippen molar-refractivity contribution in [3.8, 4) is 17.1 Å². The van der Waals surface area contributed by atoms with Crippen LogP contribution in [0.3, 0.4) is 0 Å². The second kappa shape index (κ2) is 9.39. The molecule has 182 valence electrons. The lowest BCUT2D eigenvalue weighted by atomic mass is 9.77. The molecule has 0 unspecified atom stereocenters. The second-order valence-electron chi connectivity index (χ2n) is 9.23. The zero-order valence-electron chi connectivity index (χ0n) is 20.7. The molecule has 6 nitrogen and oxygen atoms in total. The molecule has 0 aliphatic carbocycles. The van der Waals surface area contributed by atoms with Gasteiger partial charge in [0.15, 0.2) is 0 Å². The Hall–Kier alpha value is -4.71. The van der Waals surface area contributed by atoms with Crippen LogP contribution >= 0.6 is 0 Å². The first-order valence-corrected chi connectivity index (χ1v) is 12.4. The number of nitrogens with one attached hydrogen (secondary N) is 1. The zero-order valence-corrected chi connectivity index (χ0v) is 20.7. The number of hydrogen-bond acceptors (Lipinski definition) is 4. The van der Waals surface area contributed by atoms with Gasteiger partial charge in [-0.1, -0.05) is 91.0 Å². The fraction of sp³-hybridized carbons (Fsp3) is 0.129. The van der Waals surface area contributed by atoms with E-state index in [0.717, 1.165) is 38.9 Å². The summed E-state index contributed by atoms with van der Waals surface area (Å²) in [5, 5.41) is 13.3. The number of H-pyrrole nitrogens is 1. The minimum atomic E-state index is -0.763. The number of aromatic nitrogens is 5. The Kier molecular flexibility index (Phi) is 5.77. The fourth-order valence-corrected chi connectivity index (χ4v) is 5.09. The van der Waals surface area contributed by atoms with Gasteiger partial charge in [0.1, 0.15) is 11.2 Å². The third-order valence-corrected chi connectivity index (χ3v) is 6.57. The molecule has 3 aromatic carbocycles. The summed E-state index contributed by atoms with van der Waals surface area (Å²) in [5.41, 5.74) is 5.07. The van der Waals surface area contributed by atoms with Crippen molar-refractivity contribution in [1.29, 1.82) is 0 Å². The fourth-order valence-electron chi connectivity index (χ4n) is 5.09. The van der Waals surface area contributed by atoms with Crippen LogP contribution in [0.4, 0.5) is 0 Å². The van der Waals surface area contributed by atoms with Gasteiger partial charge in [-0.05, 0) is 36.6 Å². The number of ether oxygens (including phenoxy) is 1. The van der Waals surface area contributed by atoms with Crippen molar-refractivity contribution in [2.24, 2.45) is 0 Å². The summed E-state index contributed by atoms with van der Waals surface area (Å²) < 4.78 is 8.34. The molecule has 0 atom stereocenters. The Bertz CT molecular complexity index is 1510. The second-order valence-corrected chi connectivity index (χ2v) is 9.23. The molecule has 6 heteroatoms. The van der Waals surface area contributed by atoms with Crippen molar-refractivity contribution in [2.75, 3.05) is 0 Å². The van der Waals surface area contributed by atoms with Gasteiger partial charge in [-0.15, -0.1) is 0 Å². The molecule has 0 saturated carbocycles. The summed E-state index contributed by atoms with van der Waals surface area (Å²) in [6, 6.07) is 33.6. The van der Waals surface area contributed by atoms with E-state index < -0.39 is 5.54 Å². The molecule has 0 bridgehead atoms. The molecular formula is C31H27N5O. The van der Waals surface area contributed by atoms with E-state index in [1.54, 1.807) is 12.4 Å². The summed E-state index contributed by atoms with van der Waals surface area (Å²) in [6.07, 6.45) is 5.39. The van der Waals surface area contributed by atoms with Crippen LogP contribution in [0.5, 0.6) is 5.88 Å². The molecule has 0 amide bonds. The molecule has 0 aliphatic rings. The molecule has 3 aromatic heterocycles. The highest BCUT2D eigenvalue weighted by Gasteiger charge is 2.41. The minimum absolute atomic E-state index is 0.0409. The summed E-state index contributed by atoms with van der Waals surface area (Å²) in [6.45, 7) is 4.01. The lowest BCUT2D eigenvalue weighted by Gasteiger charge is -2.37. The normalized spacial score (nSPS) is 11.8. The Morgan fingerprint density at radius 2 is 1.35 bits per heavy atom. The van der Waals surface area contributed by atoms with Gasteiger partial charge in [0.25, 0.3) is 0 Å². The zero-order chi connectivity index (χ0) is 25.2. The van der Waals surface area contributed by atoms with Crippen LogP contribution in [0.1, 0.15) is 30.5 Å². The SMILES string of the molecule is CC(C)Oc1nccc2c1c(-c1cn[nH]c1)nn2C(c1ccccc1)(c1ccccc1)c1ccccc1. The van der Waals surface area contributed by atoms with Crippen LogP contribution in [0.15, 0.2) is 116 Å². The van der Waals surface area contributed by atoms with Gasteiger partial charge in [0.2, 0.25) is 5.88 Å². The smallest absolute Gasteiger partial charge is 0.225 e. The van der Waals surface area contributed by atoms with Gasteiger partial charge < -0.3 is 4.74 Å². The van der Waals surface area contributed by atoms with Crippen molar-refractivity contribution in [3.63, 3.8) is 0 Å². The highest BCUT2D eigenvalue weighted by atomic mass is 16.5. The molecule has 0 saturated heterocycles. The maximum atomic E-state index is 6.21. The molecule has 3 heterocycles. The van der Waals surface area contributed by atoms with Gasteiger partial charge in [-0.2, -0.15) is 10.2 Å². The van der Waals surface area contributed by atoms with Crippen molar-refractivity contribution in [1.82, 2.24) is 25.0 Å². The van der Waals surface area contributed by atoms with Crippen molar-refractivity contribution in [2.45, 2.75) is 25.5 Å². The van der Waals surface area contributed by atoms with E-state index >= 15 is 0 Å². The lowest BCUT2D eigenvalue weighted by molar-refractivity contribution is 0.236. The molecule has 0 radical (unpaired) electrons. The van der Waals surface area contributed by atoms with Gasteiger partial charge in [-0.25, -0.2) is 9.67 Å². The number of hydrogen-bond donors (Lipinski definition) is 1. The first kappa shape index (κ1) is 22.7. The average Bonchev–Trinajstić information content (AvgIpc) is 3.60. The number of aromatic amines is 1. The maximum Gasteiger partial charge on any atom is 0.225 e. The summed E-state index contributed by atoms with van der Waals surface area (Å²) >= 11 is 0. The van der Waals surface area contributed by atoms with E-state index in [2.05, 4.69) is 92.7 Å². The molecule has 6 aromatic rings. The molecule has 0 fully saturated rings. The van der Waals surface area contributed by atoms with E-state index in [4.69, 9.17) is 9.84 Å². The predicted octanol–water partition coefficient (Wildman–Crippen LogP) is 6.45. The first-order valence-electron chi connectivity index (χ1n) is 12.4. The summed E-state index contributed by atoms with van der Waals surface area (Å²) in [5.74, 6) is 0.554. The average molecular weight is 486 g/mol. The Morgan fingerprint density at radius 3 is 1.84 bits per heavy atom. The number of pyridine rings is 1. The van der Waals surface area contributed by atoms with E-state index in [1.165, 1.54) is 0 Å². The molecule has 0 spiro atoms. The largest absolute Gasteiger partial charge is 0.474 e. The van der Waals surface area contributed by atoms with Gasteiger partial charge in [-0.3, -0.25) is 5.10 Å². The molecule has 0 aliphatic heterocycles. The molecule has 6 rings (SSSR count). The van der Waals surface area contributed by atoms with Gasteiger partial charge in [0, 0.05) is 18.0 Å². The number of rotatable bonds is 7. The monoisotopic (exact) mass is 485 g/mol. The summed E-state index contributed by atoms with van der Waals surface area (Å²) in [7, 11) is 0. The molecular weight excluding hydrogens is 458 g/mol. The van der Waals surface area contributed by atoms with Crippen LogP contribution in [0.2, 0.25) is 0 Å². The quantitative estimate of drug-likeness (QED) is 0.264. The van der Waals surface area contributed by atoms with Crippen LogP contribution < -0.4 is 4.74 Å². The topological polar surface area (TPSA) is 68.6 Å². The van der Waals surface area contributed by atoms with Crippen molar-refractivity contribution in [3.05, 3.63) is 132 Å². The van der Waals surface area contributed by atoms with Crippen molar-refractivity contribution >= 4 is 10.9 Å². The number of fused-ring (bicyclic) bond motifs is 1. The minimum Gasteiger partial charge on any atom is -0.474 e. The molecule has 1 N–H and O–H groups in total. The van der Waals surface area contributed by atoms with E-state index in [-0.39, 0.29) is 6.10 Å². The van der Waals surface area contributed by atoms with Crippen molar-refractivity contribution < 1.29 is 4.74 Å². The summed E-state index contributed by atoms with van der Waals surface area (Å²) in [4.78, 5) is 4.63. The lowest BCUT2D eigenvalue weighted by Crippen LogP contribution is -2.38. The predicted molar refractivity (Wildman–Crippen MR) is 145 cm³/mol. The van der Waals surface area contributed by atoms with Gasteiger partial charge in [0.05, 0.1) is 23.2 Å². The van der Waals surface area contributed by atoms with Crippen LogP contribution in [0, 0.1) is 0 Å². The first-order chi connectivity index (χ1) is 18.2. The number of nitrogens with zero attached hydrogens (tertiary/aromatic N) is 4. The number of benzene rings is 3. The third-order valence-electron chi connectivity index (χ3n) is 6.57. The Balaban J connectivity index is 1.80. The van der Waals surface area contributed by atoms with E-state index in [9.17, 15) is 0 Å². The van der Waals surface area contributed by atoms with Crippen LogP contribution in [-0.2, 0) is 5.54 Å². The standard InChI is InChI=1S/C31H27N5O/c1-22(2)37-30-28-27(18-19-32-30)36(35-29(28)23-20-33-34-21-23)31(24-12-6-3-7-13-24,25-14-8-4-9-15-25)26-16-10-5-11-17-26/h3-22H,1-2H3,(H,33,34). The molecule has 37 heavy (non-hydrogen) atoms.